The minimum atomic E-state index is 1.24. The van der Waals surface area contributed by atoms with Gasteiger partial charge < -0.3 is 4.98 Å². The Balaban J connectivity index is 2.67. The van der Waals surface area contributed by atoms with Gasteiger partial charge in [0.05, 0.1) is 0 Å². The molecule has 0 unspecified atom stereocenters. The third kappa shape index (κ3) is 1.09. The van der Waals surface area contributed by atoms with Crippen LogP contribution in [0.2, 0.25) is 0 Å². The van der Waals surface area contributed by atoms with E-state index in [1.807, 2.05) is 0 Å². The Morgan fingerprint density at radius 1 is 0.733 bits per heavy atom. The first kappa shape index (κ1) is 8.54. The molecule has 0 aliphatic carbocycles. The number of aromatic nitrogens is 1. The van der Waals surface area contributed by atoms with Gasteiger partial charge in [-0.1, -0.05) is 24.3 Å². The van der Waals surface area contributed by atoms with Crippen molar-refractivity contribution in [1.82, 2.24) is 4.98 Å². The monoisotopic (exact) mass is 195 g/mol. The third-order valence-electron chi connectivity index (χ3n) is 3.06. The maximum absolute atomic E-state index is 3.46. The molecule has 3 aromatic rings. The Morgan fingerprint density at radius 3 is 1.67 bits per heavy atom. The lowest BCUT2D eigenvalue weighted by atomic mass is 10.0. The molecule has 0 spiro atoms. The number of aryl methyl sites for hydroxylation is 2. The molecule has 1 aromatic heterocycles. The Morgan fingerprint density at radius 2 is 1.20 bits per heavy atom. The fraction of sp³-hybridized carbons (Fsp3) is 0.143. The van der Waals surface area contributed by atoms with Crippen molar-refractivity contribution < 1.29 is 0 Å². The highest BCUT2D eigenvalue weighted by Crippen LogP contribution is 2.30. The quantitative estimate of drug-likeness (QED) is 0.559. The van der Waals surface area contributed by atoms with Crippen LogP contribution in [0.4, 0.5) is 0 Å². The van der Waals surface area contributed by atoms with Crippen LogP contribution in [0.3, 0.4) is 0 Å². The van der Waals surface area contributed by atoms with E-state index in [2.05, 4.69) is 55.2 Å². The van der Waals surface area contributed by atoms with Crippen molar-refractivity contribution in [3.8, 4) is 0 Å². The summed E-state index contributed by atoms with van der Waals surface area (Å²) in [6, 6.07) is 12.8. The van der Waals surface area contributed by atoms with Crippen LogP contribution in [-0.2, 0) is 0 Å². The van der Waals surface area contributed by atoms with Gasteiger partial charge in [-0.15, -0.1) is 0 Å². The van der Waals surface area contributed by atoms with Gasteiger partial charge in [-0.3, -0.25) is 0 Å². The molecular weight excluding hydrogens is 182 g/mol. The second-order valence-electron chi connectivity index (χ2n) is 4.12. The lowest BCUT2D eigenvalue weighted by molar-refractivity contribution is 1.50. The van der Waals surface area contributed by atoms with Crippen LogP contribution in [0.5, 0.6) is 0 Å². The minimum Gasteiger partial charge on any atom is -0.354 e. The minimum absolute atomic E-state index is 1.24. The summed E-state index contributed by atoms with van der Waals surface area (Å²) in [5.74, 6) is 0. The maximum atomic E-state index is 3.46. The second-order valence-corrected chi connectivity index (χ2v) is 4.12. The highest BCUT2D eigenvalue weighted by Gasteiger charge is 2.07. The Bertz CT molecular complexity index is 591. The van der Waals surface area contributed by atoms with Gasteiger partial charge in [0.1, 0.15) is 0 Å². The van der Waals surface area contributed by atoms with Crippen LogP contribution < -0.4 is 0 Å². The Hall–Kier alpha value is -1.76. The SMILES string of the molecule is Cc1cccc2[nH]c3cccc(C)c3c12. The number of rotatable bonds is 0. The molecule has 0 aliphatic heterocycles. The van der Waals surface area contributed by atoms with Gasteiger partial charge >= 0.3 is 0 Å². The standard InChI is InChI=1S/C14H13N/c1-9-5-3-7-11-13(9)14-10(2)6-4-8-12(14)15-11/h3-8,15H,1-2H3. The average molecular weight is 195 g/mol. The molecule has 1 heterocycles. The fourth-order valence-electron chi connectivity index (χ4n) is 2.35. The van der Waals surface area contributed by atoms with Gasteiger partial charge in [0.15, 0.2) is 0 Å². The predicted molar refractivity (Wildman–Crippen MR) is 65.3 cm³/mol. The number of fused-ring (bicyclic) bond motifs is 3. The summed E-state index contributed by atoms with van der Waals surface area (Å²) in [4.78, 5) is 3.46. The van der Waals surface area contributed by atoms with E-state index < -0.39 is 0 Å². The maximum Gasteiger partial charge on any atom is 0.0467 e. The van der Waals surface area contributed by atoms with Crippen molar-refractivity contribution in [2.75, 3.05) is 0 Å². The molecule has 0 bridgehead atoms. The van der Waals surface area contributed by atoms with E-state index in [0.717, 1.165) is 0 Å². The van der Waals surface area contributed by atoms with Gasteiger partial charge in [0, 0.05) is 21.8 Å². The normalized spacial score (nSPS) is 11.3. The topological polar surface area (TPSA) is 15.8 Å². The summed E-state index contributed by atoms with van der Waals surface area (Å²) in [6.07, 6.45) is 0. The van der Waals surface area contributed by atoms with Crippen LogP contribution >= 0.6 is 0 Å². The molecule has 0 fully saturated rings. The first-order valence-corrected chi connectivity index (χ1v) is 5.24. The van der Waals surface area contributed by atoms with Crippen molar-refractivity contribution in [1.29, 1.82) is 0 Å². The number of hydrogen-bond donors (Lipinski definition) is 1. The molecule has 0 saturated heterocycles. The van der Waals surface area contributed by atoms with E-state index in [9.17, 15) is 0 Å². The lowest BCUT2D eigenvalue weighted by Gasteiger charge is -1.98. The summed E-state index contributed by atoms with van der Waals surface area (Å²) in [7, 11) is 0. The van der Waals surface area contributed by atoms with E-state index in [0.29, 0.717) is 0 Å². The number of H-pyrrole nitrogens is 1. The van der Waals surface area contributed by atoms with E-state index in [1.165, 1.54) is 32.9 Å². The summed E-state index contributed by atoms with van der Waals surface area (Å²) < 4.78 is 0. The lowest BCUT2D eigenvalue weighted by Crippen LogP contribution is -1.76. The fourth-order valence-corrected chi connectivity index (χ4v) is 2.35. The highest BCUT2D eigenvalue weighted by molar-refractivity contribution is 6.10. The largest absolute Gasteiger partial charge is 0.354 e. The summed E-state index contributed by atoms with van der Waals surface area (Å²) in [5, 5.41) is 2.73. The molecule has 0 atom stereocenters. The zero-order chi connectivity index (χ0) is 10.4. The molecule has 0 saturated carbocycles. The summed E-state index contributed by atoms with van der Waals surface area (Å²) >= 11 is 0. The second kappa shape index (κ2) is 2.86. The number of nitrogens with one attached hydrogen (secondary N) is 1. The number of hydrogen-bond acceptors (Lipinski definition) is 0. The van der Waals surface area contributed by atoms with Gasteiger partial charge in [-0.25, -0.2) is 0 Å². The molecule has 15 heavy (non-hydrogen) atoms. The molecule has 0 radical (unpaired) electrons. The van der Waals surface area contributed by atoms with Gasteiger partial charge in [0.25, 0.3) is 0 Å². The van der Waals surface area contributed by atoms with E-state index in [-0.39, 0.29) is 0 Å². The van der Waals surface area contributed by atoms with Gasteiger partial charge in [0.2, 0.25) is 0 Å². The van der Waals surface area contributed by atoms with Crippen LogP contribution in [0.25, 0.3) is 21.8 Å². The molecule has 1 heteroatoms. The van der Waals surface area contributed by atoms with Crippen molar-refractivity contribution in [3.63, 3.8) is 0 Å². The molecule has 2 aromatic carbocycles. The molecule has 0 aliphatic rings. The van der Waals surface area contributed by atoms with Crippen molar-refractivity contribution >= 4 is 21.8 Å². The molecule has 0 amide bonds. The van der Waals surface area contributed by atoms with E-state index in [4.69, 9.17) is 0 Å². The zero-order valence-electron chi connectivity index (χ0n) is 8.96. The number of aromatic amines is 1. The van der Waals surface area contributed by atoms with Crippen molar-refractivity contribution in [2.45, 2.75) is 13.8 Å². The van der Waals surface area contributed by atoms with Gasteiger partial charge in [-0.05, 0) is 37.1 Å². The number of benzene rings is 2. The van der Waals surface area contributed by atoms with Crippen LogP contribution in [0.1, 0.15) is 11.1 Å². The van der Waals surface area contributed by atoms with Crippen LogP contribution in [-0.4, -0.2) is 4.98 Å². The Labute approximate surface area is 88.7 Å². The van der Waals surface area contributed by atoms with E-state index >= 15 is 0 Å². The molecular formula is C14H13N. The van der Waals surface area contributed by atoms with E-state index in [1.54, 1.807) is 0 Å². The molecule has 1 nitrogen and oxygen atoms in total. The zero-order valence-corrected chi connectivity index (χ0v) is 8.96. The third-order valence-corrected chi connectivity index (χ3v) is 3.06. The first-order chi connectivity index (χ1) is 7.27. The first-order valence-electron chi connectivity index (χ1n) is 5.24. The Kier molecular flexibility index (Phi) is 1.63. The molecule has 74 valence electrons. The summed E-state index contributed by atoms with van der Waals surface area (Å²) in [5.41, 5.74) is 5.15. The van der Waals surface area contributed by atoms with Crippen molar-refractivity contribution in [2.24, 2.45) is 0 Å². The predicted octanol–water partition coefficient (Wildman–Crippen LogP) is 3.94. The van der Waals surface area contributed by atoms with Crippen molar-refractivity contribution in [3.05, 3.63) is 47.5 Å². The molecule has 3 rings (SSSR count). The van der Waals surface area contributed by atoms with Gasteiger partial charge in [-0.2, -0.15) is 0 Å². The van der Waals surface area contributed by atoms with Crippen LogP contribution in [0.15, 0.2) is 36.4 Å². The van der Waals surface area contributed by atoms with Crippen LogP contribution in [0, 0.1) is 13.8 Å². The smallest absolute Gasteiger partial charge is 0.0467 e. The average Bonchev–Trinajstić information content (AvgIpc) is 2.58. The summed E-state index contributed by atoms with van der Waals surface area (Å²) in [6.45, 7) is 4.34. The molecule has 1 N–H and O–H groups in total. The highest BCUT2D eigenvalue weighted by atomic mass is 14.7.